The van der Waals surface area contributed by atoms with Crippen molar-refractivity contribution in [3.63, 3.8) is 0 Å². The van der Waals surface area contributed by atoms with Crippen molar-refractivity contribution in [3.8, 4) is 0 Å². The molecule has 1 nitrogen and oxygen atoms in total. The van der Waals surface area contributed by atoms with Crippen LogP contribution in [0.3, 0.4) is 0 Å². The smallest absolute Gasteiger partial charge is 0.141 e. The second-order valence-electron chi connectivity index (χ2n) is 2.69. The fourth-order valence-corrected chi connectivity index (χ4v) is 1.17. The first-order valence-electron chi connectivity index (χ1n) is 3.85. The minimum Gasteiger partial charge on any atom is -0.324 e. The summed E-state index contributed by atoms with van der Waals surface area (Å²) < 4.78 is 12.7. The number of halogens is 2. The van der Waals surface area contributed by atoms with E-state index >= 15 is 0 Å². The maximum atomic E-state index is 12.7. The lowest BCUT2D eigenvalue weighted by Crippen LogP contribution is -2.08. The Morgan fingerprint density at radius 2 is 2.25 bits per heavy atom. The summed E-state index contributed by atoms with van der Waals surface area (Å²) in [6.45, 7) is 1.97. The van der Waals surface area contributed by atoms with Gasteiger partial charge in [0, 0.05) is 6.04 Å². The van der Waals surface area contributed by atoms with Crippen molar-refractivity contribution in [2.75, 3.05) is 0 Å². The van der Waals surface area contributed by atoms with Gasteiger partial charge in [-0.05, 0) is 24.1 Å². The topological polar surface area (TPSA) is 26.0 Å². The number of benzene rings is 1. The third-order valence-corrected chi connectivity index (χ3v) is 2.10. The Morgan fingerprint density at radius 1 is 1.58 bits per heavy atom. The summed E-state index contributed by atoms with van der Waals surface area (Å²) >= 11 is 5.58. The third kappa shape index (κ3) is 1.96. The Labute approximate surface area is 76.3 Å². The summed E-state index contributed by atoms with van der Waals surface area (Å²) in [6, 6.07) is 4.52. The quantitative estimate of drug-likeness (QED) is 0.757. The Hall–Kier alpha value is -0.600. The van der Waals surface area contributed by atoms with Gasteiger partial charge in [0.05, 0.1) is 5.02 Å². The second kappa shape index (κ2) is 3.87. The number of hydrogen-bond acceptors (Lipinski definition) is 1. The first-order valence-corrected chi connectivity index (χ1v) is 4.23. The molecule has 1 atom stereocenters. The highest BCUT2D eigenvalue weighted by atomic mass is 35.5. The van der Waals surface area contributed by atoms with Crippen molar-refractivity contribution >= 4 is 11.6 Å². The van der Waals surface area contributed by atoms with Crippen molar-refractivity contribution < 1.29 is 4.39 Å². The molecule has 0 aromatic heterocycles. The number of nitrogens with two attached hydrogens (primary N) is 1. The van der Waals surface area contributed by atoms with Crippen molar-refractivity contribution in [2.24, 2.45) is 5.73 Å². The van der Waals surface area contributed by atoms with E-state index in [1.54, 1.807) is 12.1 Å². The third-order valence-electron chi connectivity index (χ3n) is 1.81. The van der Waals surface area contributed by atoms with Gasteiger partial charge in [0.25, 0.3) is 0 Å². The van der Waals surface area contributed by atoms with E-state index in [1.807, 2.05) is 6.92 Å². The molecular formula is C9H11ClFN. The highest BCUT2D eigenvalue weighted by Crippen LogP contribution is 2.20. The molecule has 0 aliphatic heterocycles. The molecule has 0 radical (unpaired) electrons. The van der Waals surface area contributed by atoms with Crippen LogP contribution in [0.4, 0.5) is 4.39 Å². The van der Waals surface area contributed by atoms with Crippen molar-refractivity contribution in [3.05, 3.63) is 34.6 Å². The van der Waals surface area contributed by atoms with Crippen LogP contribution in [0.5, 0.6) is 0 Å². The summed E-state index contributed by atoms with van der Waals surface area (Å²) in [4.78, 5) is 0. The van der Waals surface area contributed by atoms with Crippen molar-refractivity contribution in [1.29, 1.82) is 0 Å². The van der Waals surface area contributed by atoms with Crippen LogP contribution in [-0.4, -0.2) is 0 Å². The maximum absolute atomic E-state index is 12.7. The Balaban J connectivity index is 2.96. The van der Waals surface area contributed by atoms with E-state index in [0.29, 0.717) is 0 Å². The predicted molar refractivity (Wildman–Crippen MR) is 48.6 cm³/mol. The van der Waals surface area contributed by atoms with Gasteiger partial charge in [0.2, 0.25) is 0 Å². The fourth-order valence-electron chi connectivity index (χ4n) is 0.979. The zero-order valence-electron chi connectivity index (χ0n) is 6.85. The molecule has 2 N–H and O–H groups in total. The van der Waals surface area contributed by atoms with Gasteiger partial charge in [0.1, 0.15) is 5.82 Å². The first kappa shape index (κ1) is 9.49. The van der Waals surface area contributed by atoms with E-state index < -0.39 is 5.82 Å². The molecule has 0 fully saturated rings. The zero-order chi connectivity index (χ0) is 9.14. The van der Waals surface area contributed by atoms with E-state index in [2.05, 4.69) is 0 Å². The maximum Gasteiger partial charge on any atom is 0.141 e. The van der Waals surface area contributed by atoms with E-state index in [-0.39, 0.29) is 11.1 Å². The molecule has 1 aromatic rings. The predicted octanol–water partition coefficient (Wildman–Crippen LogP) is 2.89. The normalized spacial score (nSPS) is 13.0. The molecular weight excluding hydrogens is 177 g/mol. The van der Waals surface area contributed by atoms with Crippen molar-refractivity contribution in [2.45, 2.75) is 19.4 Å². The lowest BCUT2D eigenvalue weighted by molar-refractivity contribution is 0.624. The van der Waals surface area contributed by atoms with Crippen LogP contribution in [0.25, 0.3) is 0 Å². The van der Waals surface area contributed by atoms with Crippen LogP contribution >= 0.6 is 11.6 Å². The molecule has 0 unspecified atom stereocenters. The number of rotatable bonds is 2. The average molecular weight is 188 g/mol. The van der Waals surface area contributed by atoms with Crippen LogP contribution < -0.4 is 5.73 Å². The van der Waals surface area contributed by atoms with Gasteiger partial charge < -0.3 is 5.73 Å². The van der Waals surface area contributed by atoms with E-state index in [1.165, 1.54) is 6.07 Å². The highest BCUT2D eigenvalue weighted by molar-refractivity contribution is 6.30. The first-order chi connectivity index (χ1) is 5.65. The molecule has 0 saturated heterocycles. The van der Waals surface area contributed by atoms with E-state index in [0.717, 1.165) is 12.0 Å². The molecule has 1 rings (SSSR count). The molecule has 1 aromatic carbocycles. The Kier molecular flexibility index (Phi) is 3.06. The second-order valence-corrected chi connectivity index (χ2v) is 3.10. The van der Waals surface area contributed by atoms with Crippen LogP contribution in [-0.2, 0) is 0 Å². The largest absolute Gasteiger partial charge is 0.324 e. The van der Waals surface area contributed by atoms with E-state index in [4.69, 9.17) is 17.3 Å². The lowest BCUT2D eigenvalue weighted by atomic mass is 10.1. The van der Waals surface area contributed by atoms with Gasteiger partial charge in [-0.25, -0.2) is 4.39 Å². The molecule has 0 heterocycles. The molecule has 66 valence electrons. The molecule has 0 aliphatic rings. The SMILES string of the molecule is CC[C@H](N)c1ccc(F)c(Cl)c1. The van der Waals surface area contributed by atoms with Gasteiger partial charge in [-0.3, -0.25) is 0 Å². The van der Waals surface area contributed by atoms with Gasteiger partial charge in [-0.15, -0.1) is 0 Å². The van der Waals surface area contributed by atoms with Crippen LogP contribution in [0, 0.1) is 5.82 Å². The van der Waals surface area contributed by atoms with Gasteiger partial charge in [0.15, 0.2) is 0 Å². The van der Waals surface area contributed by atoms with Gasteiger partial charge in [-0.1, -0.05) is 24.6 Å². The molecule has 3 heteroatoms. The van der Waals surface area contributed by atoms with Crippen LogP contribution in [0.1, 0.15) is 24.9 Å². The van der Waals surface area contributed by atoms with Crippen LogP contribution in [0.2, 0.25) is 5.02 Å². The standard InChI is InChI=1S/C9H11ClFN/c1-2-9(12)6-3-4-8(11)7(10)5-6/h3-5,9H,2,12H2,1H3/t9-/m0/s1. The summed E-state index contributed by atoms with van der Waals surface area (Å²) in [6.07, 6.45) is 0.821. The summed E-state index contributed by atoms with van der Waals surface area (Å²) in [5.41, 5.74) is 6.61. The van der Waals surface area contributed by atoms with Gasteiger partial charge >= 0.3 is 0 Å². The van der Waals surface area contributed by atoms with Crippen molar-refractivity contribution in [1.82, 2.24) is 0 Å². The molecule has 12 heavy (non-hydrogen) atoms. The number of hydrogen-bond donors (Lipinski definition) is 1. The molecule has 0 saturated carbocycles. The highest BCUT2D eigenvalue weighted by Gasteiger charge is 2.05. The monoisotopic (exact) mass is 187 g/mol. The summed E-state index contributed by atoms with van der Waals surface area (Å²) in [5.74, 6) is -0.399. The Morgan fingerprint density at radius 3 is 2.75 bits per heavy atom. The minimum atomic E-state index is -0.399. The summed E-state index contributed by atoms with van der Waals surface area (Å²) in [5, 5.41) is 0.136. The minimum absolute atomic E-state index is 0.0527. The fraction of sp³-hybridized carbons (Fsp3) is 0.333. The summed E-state index contributed by atoms with van der Waals surface area (Å²) in [7, 11) is 0. The molecule has 0 amide bonds. The van der Waals surface area contributed by atoms with Crippen LogP contribution in [0.15, 0.2) is 18.2 Å². The lowest BCUT2D eigenvalue weighted by Gasteiger charge is -2.08. The molecule has 0 bridgehead atoms. The van der Waals surface area contributed by atoms with E-state index in [9.17, 15) is 4.39 Å². The average Bonchev–Trinajstić information content (AvgIpc) is 2.08. The molecule has 0 spiro atoms. The van der Waals surface area contributed by atoms with Gasteiger partial charge in [-0.2, -0.15) is 0 Å². The Bertz CT molecular complexity index is 275. The molecule has 0 aliphatic carbocycles. The zero-order valence-corrected chi connectivity index (χ0v) is 7.61.